The Kier molecular flexibility index (Phi) is 5.65. The Hall–Kier alpha value is -0.330. The summed E-state index contributed by atoms with van der Waals surface area (Å²) < 4.78 is 26.3. The fourth-order valence-electron chi connectivity index (χ4n) is 2.15. The average molecular weight is 325 g/mol. The third-order valence-corrected chi connectivity index (χ3v) is 5.47. The van der Waals surface area contributed by atoms with Crippen molar-refractivity contribution in [2.24, 2.45) is 5.73 Å². The lowest BCUT2D eigenvalue weighted by atomic mass is 10.1. The van der Waals surface area contributed by atoms with Crippen LogP contribution in [-0.2, 0) is 10.0 Å². The summed E-state index contributed by atoms with van der Waals surface area (Å²) in [6.45, 7) is 2.76. The quantitative estimate of drug-likeness (QED) is 0.906. The number of sulfonamides is 1. The molecule has 0 radical (unpaired) electrons. The zero-order valence-electron chi connectivity index (χ0n) is 10.7. The van der Waals surface area contributed by atoms with Crippen LogP contribution in [-0.4, -0.2) is 31.9 Å². The molecule has 0 bridgehead atoms. The molecule has 0 aliphatic carbocycles. The van der Waals surface area contributed by atoms with E-state index in [0.717, 1.165) is 18.4 Å². The Bertz CT molecular complexity index is 549. The summed E-state index contributed by atoms with van der Waals surface area (Å²) in [5.74, 6) is 0. The number of hydrogen-bond donors (Lipinski definition) is 1. The molecule has 0 spiro atoms. The van der Waals surface area contributed by atoms with Crippen molar-refractivity contribution in [3.63, 3.8) is 0 Å². The molecule has 1 aromatic rings. The highest BCUT2D eigenvalue weighted by molar-refractivity contribution is 7.89. The number of halogens is 2. The van der Waals surface area contributed by atoms with E-state index in [-0.39, 0.29) is 28.4 Å². The van der Waals surface area contributed by atoms with Crippen molar-refractivity contribution in [1.82, 2.24) is 4.31 Å². The van der Waals surface area contributed by atoms with E-state index in [2.05, 4.69) is 0 Å². The molecular weight excluding hydrogens is 307 g/mol. The van der Waals surface area contributed by atoms with Crippen LogP contribution in [0, 0.1) is 6.92 Å². The summed E-state index contributed by atoms with van der Waals surface area (Å²) in [6, 6.07) is 4.89. The lowest BCUT2D eigenvalue weighted by Gasteiger charge is -2.30. The Morgan fingerprint density at radius 2 is 2.11 bits per heavy atom. The highest BCUT2D eigenvalue weighted by Crippen LogP contribution is 2.27. The molecule has 1 heterocycles. The van der Waals surface area contributed by atoms with Crippen molar-refractivity contribution >= 4 is 34.0 Å². The normalized spacial score (nSPS) is 20.9. The summed E-state index contributed by atoms with van der Waals surface area (Å²) in [5, 5.41) is 0.272. The van der Waals surface area contributed by atoms with E-state index in [1.54, 1.807) is 18.2 Å². The van der Waals surface area contributed by atoms with E-state index in [4.69, 9.17) is 17.3 Å². The largest absolute Gasteiger partial charge is 0.327 e. The van der Waals surface area contributed by atoms with Gasteiger partial charge in [-0.1, -0.05) is 17.7 Å². The second kappa shape index (κ2) is 6.41. The molecule has 1 aliphatic heterocycles. The second-order valence-electron chi connectivity index (χ2n) is 4.70. The van der Waals surface area contributed by atoms with Gasteiger partial charge in [-0.2, -0.15) is 4.31 Å². The first kappa shape index (κ1) is 16.7. The first-order valence-corrected chi connectivity index (χ1v) is 7.75. The molecule has 1 atom stereocenters. The number of rotatable bonds is 2. The summed E-state index contributed by atoms with van der Waals surface area (Å²) >= 11 is 6.03. The van der Waals surface area contributed by atoms with Gasteiger partial charge >= 0.3 is 0 Å². The van der Waals surface area contributed by atoms with Crippen LogP contribution in [0.15, 0.2) is 23.1 Å². The molecule has 0 aromatic heterocycles. The van der Waals surface area contributed by atoms with Gasteiger partial charge in [-0.3, -0.25) is 0 Å². The van der Waals surface area contributed by atoms with E-state index in [0.29, 0.717) is 13.1 Å². The van der Waals surface area contributed by atoms with Gasteiger partial charge in [0, 0.05) is 19.1 Å². The molecule has 19 heavy (non-hydrogen) atoms. The molecule has 108 valence electrons. The van der Waals surface area contributed by atoms with Gasteiger partial charge in [-0.05, 0) is 37.5 Å². The molecule has 1 aliphatic rings. The van der Waals surface area contributed by atoms with Gasteiger partial charge in [0.05, 0.1) is 5.02 Å². The van der Waals surface area contributed by atoms with Crippen molar-refractivity contribution in [3.8, 4) is 0 Å². The molecule has 1 saturated heterocycles. The van der Waals surface area contributed by atoms with Crippen LogP contribution in [0.5, 0.6) is 0 Å². The van der Waals surface area contributed by atoms with Gasteiger partial charge in [0.2, 0.25) is 10.0 Å². The molecule has 0 amide bonds. The van der Waals surface area contributed by atoms with E-state index < -0.39 is 10.0 Å². The minimum absolute atomic E-state index is 0. The highest BCUT2D eigenvalue weighted by atomic mass is 35.5. The van der Waals surface area contributed by atoms with Gasteiger partial charge in [-0.15, -0.1) is 12.4 Å². The molecule has 2 N–H and O–H groups in total. The van der Waals surface area contributed by atoms with Crippen LogP contribution in [0.1, 0.15) is 18.4 Å². The molecular formula is C12H18Cl2N2O2S. The number of nitrogens with two attached hydrogens (primary N) is 1. The second-order valence-corrected chi connectivity index (χ2v) is 7.01. The minimum Gasteiger partial charge on any atom is -0.327 e. The molecule has 1 unspecified atom stereocenters. The highest BCUT2D eigenvalue weighted by Gasteiger charge is 2.30. The van der Waals surface area contributed by atoms with Crippen molar-refractivity contribution in [2.45, 2.75) is 30.7 Å². The van der Waals surface area contributed by atoms with Gasteiger partial charge < -0.3 is 5.73 Å². The zero-order chi connectivity index (χ0) is 13.3. The van der Waals surface area contributed by atoms with E-state index >= 15 is 0 Å². The topological polar surface area (TPSA) is 63.4 Å². The third-order valence-electron chi connectivity index (χ3n) is 3.13. The average Bonchev–Trinajstić information content (AvgIpc) is 2.28. The van der Waals surface area contributed by atoms with E-state index in [1.807, 2.05) is 6.92 Å². The fraction of sp³-hybridized carbons (Fsp3) is 0.500. The minimum atomic E-state index is -3.52. The summed E-state index contributed by atoms with van der Waals surface area (Å²) in [6.07, 6.45) is 1.66. The summed E-state index contributed by atoms with van der Waals surface area (Å²) in [4.78, 5) is 0.170. The molecule has 4 nitrogen and oxygen atoms in total. The van der Waals surface area contributed by atoms with Crippen molar-refractivity contribution in [2.75, 3.05) is 13.1 Å². The maximum atomic E-state index is 12.5. The SMILES string of the molecule is Cc1ccc(S(=O)(=O)N2CCCC(N)C2)c(Cl)c1.Cl. The van der Waals surface area contributed by atoms with Crippen LogP contribution in [0.4, 0.5) is 0 Å². The molecule has 7 heteroatoms. The van der Waals surface area contributed by atoms with Crippen LogP contribution in [0.25, 0.3) is 0 Å². The third kappa shape index (κ3) is 3.61. The first-order valence-electron chi connectivity index (χ1n) is 5.93. The standard InChI is InChI=1S/C12H17ClN2O2S.ClH/c1-9-4-5-12(11(13)7-9)18(16,17)15-6-2-3-10(14)8-15;/h4-5,7,10H,2-3,6,8,14H2,1H3;1H. The number of aryl methyl sites for hydroxylation is 1. The molecule has 1 fully saturated rings. The number of nitrogens with zero attached hydrogens (tertiary/aromatic N) is 1. The van der Waals surface area contributed by atoms with Gasteiger partial charge in [0.25, 0.3) is 0 Å². The van der Waals surface area contributed by atoms with Crippen LogP contribution < -0.4 is 5.73 Å². The molecule has 0 saturated carbocycles. The Labute approximate surface area is 125 Å². The summed E-state index contributed by atoms with van der Waals surface area (Å²) in [5.41, 5.74) is 6.76. The van der Waals surface area contributed by atoms with Crippen molar-refractivity contribution < 1.29 is 8.42 Å². The molecule has 1 aromatic carbocycles. The maximum absolute atomic E-state index is 12.5. The number of piperidine rings is 1. The number of benzene rings is 1. The maximum Gasteiger partial charge on any atom is 0.244 e. The van der Waals surface area contributed by atoms with E-state index in [9.17, 15) is 8.42 Å². The van der Waals surface area contributed by atoms with Gasteiger partial charge in [0.1, 0.15) is 4.90 Å². The number of hydrogen-bond acceptors (Lipinski definition) is 3. The first-order chi connectivity index (χ1) is 8.41. The monoisotopic (exact) mass is 324 g/mol. The van der Waals surface area contributed by atoms with Gasteiger partial charge in [-0.25, -0.2) is 8.42 Å². The van der Waals surface area contributed by atoms with Crippen LogP contribution >= 0.6 is 24.0 Å². The van der Waals surface area contributed by atoms with Crippen molar-refractivity contribution in [1.29, 1.82) is 0 Å². The molecule has 2 rings (SSSR count). The van der Waals surface area contributed by atoms with Crippen LogP contribution in [0.2, 0.25) is 5.02 Å². The Morgan fingerprint density at radius 1 is 1.42 bits per heavy atom. The van der Waals surface area contributed by atoms with Gasteiger partial charge in [0.15, 0.2) is 0 Å². The zero-order valence-corrected chi connectivity index (χ0v) is 13.1. The predicted molar refractivity (Wildman–Crippen MR) is 79.4 cm³/mol. The Balaban J connectivity index is 0.00000180. The van der Waals surface area contributed by atoms with Crippen molar-refractivity contribution in [3.05, 3.63) is 28.8 Å². The lowest BCUT2D eigenvalue weighted by molar-refractivity contribution is 0.316. The van der Waals surface area contributed by atoms with Crippen LogP contribution in [0.3, 0.4) is 0 Å². The van der Waals surface area contributed by atoms with E-state index in [1.165, 1.54) is 4.31 Å². The smallest absolute Gasteiger partial charge is 0.244 e. The predicted octanol–water partition coefficient (Wildman–Crippen LogP) is 2.18. The lowest BCUT2D eigenvalue weighted by Crippen LogP contribution is -2.45. The Morgan fingerprint density at radius 3 is 2.68 bits per heavy atom. The summed E-state index contributed by atoms with van der Waals surface area (Å²) in [7, 11) is -3.52. The fourth-order valence-corrected chi connectivity index (χ4v) is 4.25.